The lowest BCUT2D eigenvalue weighted by Gasteiger charge is -2.54. The number of nitrogens with zero attached hydrogens (tertiary/aromatic N) is 1. The number of benzene rings is 1. The molecule has 1 heterocycles. The lowest BCUT2D eigenvalue weighted by Crippen LogP contribution is -2.58. The van der Waals surface area contributed by atoms with Crippen molar-refractivity contribution < 1.29 is 9.90 Å². The van der Waals surface area contributed by atoms with Gasteiger partial charge < -0.3 is 5.11 Å². The Morgan fingerprint density at radius 1 is 1.48 bits per heavy atom. The molecular weight excluding hydrogens is 262 g/mol. The van der Waals surface area contributed by atoms with Crippen molar-refractivity contribution in [3.63, 3.8) is 0 Å². The Morgan fingerprint density at radius 2 is 2.24 bits per heavy atom. The van der Waals surface area contributed by atoms with Gasteiger partial charge in [-0.1, -0.05) is 19.9 Å². The second-order valence-electron chi connectivity index (χ2n) is 7.06. The first-order valence-corrected chi connectivity index (χ1v) is 7.97. The van der Waals surface area contributed by atoms with E-state index in [1.54, 1.807) is 13.0 Å². The molecule has 1 aliphatic carbocycles. The predicted octanol–water partition coefficient (Wildman–Crippen LogP) is 2.90. The number of piperidine rings is 1. The van der Waals surface area contributed by atoms with Gasteiger partial charge in [-0.2, -0.15) is 0 Å². The third-order valence-corrected chi connectivity index (χ3v) is 5.86. The minimum absolute atomic E-state index is 0.143. The number of hydrogen-bond donors (Lipinski definition) is 1. The van der Waals surface area contributed by atoms with Crippen molar-refractivity contribution in [2.75, 3.05) is 13.1 Å². The molecule has 0 amide bonds. The zero-order valence-electron chi connectivity index (χ0n) is 13.2. The van der Waals surface area contributed by atoms with E-state index >= 15 is 0 Å². The van der Waals surface area contributed by atoms with Crippen molar-refractivity contribution in [3.05, 3.63) is 29.3 Å². The number of phenolic OH excluding ortho intramolecular Hbond substituents is 1. The first kappa shape index (κ1) is 14.6. The van der Waals surface area contributed by atoms with E-state index in [-0.39, 0.29) is 11.2 Å². The average Bonchev–Trinajstić information content (AvgIpc) is 2.43. The molecule has 3 nitrogen and oxygen atoms in total. The maximum Gasteiger partial charge on any atom is 0.131 e. The largest absolute Gasteiger partial charge is 0.508 e. The molecule has 1 aromatic rings. The summed E-state index contributed by atoms with van der Waals surface area (Å²) in [6.45, 7) is 8.28. The number of aromatic hydroxyl groups is 1. The summed E-state index contributed by atoms with van der Waals surface area (Å²) in [5.74, 6) is 1.20. The zero-order chi connectivity index (χ0) is 15.2. The first-order valence-electron chi connectivity index (χ1n) is 7.97. The van der Waals surface area contributed by atoms with Gasteiger partial charge in [0.1, 0.15) is 11.5 Å². The van der Waals surface area contributed by atoms with Crippen LogP contribution in [-0.4, -0.2) is 34.9 Å². The van der Waals surface area contributed by atoms with E-state index in [2.05, 4.69) is 24.8 Å². The number of rotatable bonds is 3. The van der Waals surface area contributed by atoms with Gasteiger partial charge in [-0.05, 0) is 60.9 Å². The molecule has 3 heteroatoms. The summed E-state index contributed by atoms with van der Waals surface area (Å²) in [5, 5.41) is 9.84. The van der Waals surface area contributed by atoms with E-state index in [9.17, 15) is 9.90 Å². The summed E-state index contributed by atoms with van der Waals surface area (Å²) in [6, 6.07) is 6.36. The smallest absolute Gasteiger partial charge is 0.131 e. The van der Waals surface area contributed by atoms with Gasteiger partial charge in [-0.25, -0.2) is 0 Å². The molecule has 2 bridgehead atoms. The van der Waals surface area contributed by atoms with Crippen LogP contribution in [0.15, 0.2) is 18.2 Å². The van der Waals surface area contributed by atoms with Crippen molar-refractivity contribution >= 4 is 5.78 Å². The number of carbonyl (C=O) groups excluding carboxylic acids is 1. The van der Waals surface area contributed by atoms with Crippen LogP contribution in [0.5, 0.6) is 5.75 Å². The highest BCUT2D eigenvalue weighted by Crippen LogP contribution is 2.49. The molecule has 1 aromatic carbocycles. The Kier molecular flexibility index (Phi) is 3.56. The zero-order valence-corrected chi connectivity index (χ0v) is 13.2. The van der Waals surface area contributed by atoms with Gasteiger partial charge >= 0.3 is 0 Å². The third-order valence-electron chi connectivity index (χ3n) is 5.86. The quantitative estimate of drug-likeness (QED) is 0.929. The Labute approximate surface area is 127 Å². The molecule has 1 saturated heterocycles. The molecule has 3 rings (SSSR count). The number of likely N-dealkylation sites (tertiary alicyclic amines) is 1. The molecule has 114 valence electrons. The van der Waals surface area contributed by atoms with E-state index in [4.69, 9.17) is 0 Å². The monoisotopic (exact) mass is 287 g/mol. The molecule has 2 aliphatic rings. The van der Waals surface area contributed by atoms with Crippen molar-refractivity contribution in [1.82, 2.24) is 4.90 Å². The molecule has 0 saturated carbocycles. The van der Waals surface area contributed by atoms with Gasteiger partial charge in [0.25, 0.3) is 0 Å². The molecular formula is C18H25NO2. The maximum absolute atomic E-state index is 11.3. The number of fused-ring (bicyclic) bond motifs is 4. The molecule has 3 atom stereocenters. The van der Waals surface area contributed by atoms with E-state index in [1.165, 1.54) is 11.1 Å². The topological polar surface area (TPSA) is 40.5 Å². The fourth-order valence-corrected chi connectivity index (χ4v) is 4.27. The molecule has 0 unspecified atom stereocenters. The highest BCUT2D eigenvalue weighted by Gasteiger charge is 2.48. The molecule has 0 aromatic heterocycles. The second kappa shape index (κ2) is 5.13. The van der Waals surface area contributed by atoms with E-state index in [0.29, 0.717) is 24.1 Å². The number of phenols is 1. The minimum Gasteiger partial charge on any atom is -0.508 e. The minimum atomic E-state index is 0.143. The molecule has 0 spiro atoms. The lowest BCUT2D eigenvalue weighted by molar-refractivity contribution is -0.117. The molecule has 1 fully saturated rings. The van der Waals surface area contributed by atoms with Crippen molar-refractivity contribution in [2.24, 2.45) is 5.92 Å². The van der Waals surface area contributed by atoms with Gasteiger partial charge in [-0.15, -0.1) is 0 Å². The molecule has 0 radical (unpaired) electrons. The molecule has 1 aliphatic heterocycles. The van der Waals surface area contributed by atoms with Gasteiger partial charge in [0.05, 0.1) is 0 Å². The summed E-state index contributed by atoms with van der Waals surface area (Å²) in [6.07, 6.45) is 2.78. The summed E-state index contributed by atoms with van der Waals surface area (Å²) in [4.78, 5) is 13.8. The Hall–Kier alpha value is -1.35. The van der Waals surface area contributed by atoms with Crippen LogP contribution < -0.4 is 0 Å². The molecule has 21 heavy (non-hydrogen) atoms. The van der Waals surface area contributed by atoms with E-state index in [0.717, 1.165) is 25.9 Å². The standard InChI is InChI=1S/C18H25NO2/c1-12(20)6-8-19-9-7-18(3)13(2)17(19)10-14-4-5-15(21)11-16(14)18/h4-5,11,13,17,21H,6-10H2,1-3H3/t13-,17+,18+/m0/s1. The number of carbonyl (C=O) groups is 1. The van der Waals surface area contributed by atoms with E-state index in [1.807, 2.05) is 6.07 Å². The van der Waals surface area contributed by atoms with Crippen molar-refractivity contribution in [2.45, 2.75) is 51.5 Å². The summed E-state index contributed by atoms with van der Waals surface area (Å²) in [5.41, 5.74) is 2.84. The summed E-state index contributed by atoms with van der Waals surface area (Å²) < 4.78 is 0. The summed E-state index contributed by atoms with van der Waals surface area (Å²) in [7, 11) is 0. The van der Waals surface area contributed by atoms with Crippen molar-refractivity contribution in [3.8, 4) is 5.75 Å². The fourth-order valence-electron chi connectivity index (χ4n) is 4.27. The van der Waals surface area contributed by atoms with Crippen LogP contribution in [0.4, 0.5) is 0 Å². The van der Waals surface area contributed by atoms with Crippen molar-refractivity contribution in [1.29, 1.82) is 0 Å². The van der Waals surface area contributed by atoms with Crippen LogP contribution >= 0.6 is 0 Å². The number of hydrogen-bond acceptors (Lipinski definition) is 3. The highest BCUT2D eigenvalue weighted by molar-refractivity contribution is 5.75. The van der Waals surface area contributed by atoms with Crippen LogP contribution in [-0.2, 0) is 16.6 Å². The Bertz CT molecular complexity index is 568. The number of Topliss-reactive ketones (excluding diaryl/α,β-unsaturated/α-hetero) is 1. The second-order valence-corrected chi connectivity index (χ2v) is 7.06. The van der Waals surface area contributed by atoms with Crippen LogP contribution in [0.1, 0.15) is 44.7 Å². The summed E-state index contributed by atoms with van der Waals surface area (Å²) >= 11 is 0. The Balaban J connectivity index is 1.92. The van der Waals surface area contributed by atoms with Crippen LogP contribution in [0.3, 0.4) is 0 Å². The average molecular weight is 287 g/mol. The SMILES string of the molecule is CC(=O)CCN1CC[C@@]2(C)c3cc(O)ccc3C[C@@H]1[C@@H]2C. The third kappa shape index (κ3) is 2.38. The Morgan fingerprint density at radius 3 is 2.95 bits per heavy atom. The number of ketones is 1. The first-order chi connectivity index (χ1) is 9.91. The van der Waals surface area contributed by atoms with E-state index < -0.39 is 0 Å². The molecule has 1 N–H and O–H groups in total. The highest BCUT2D eigenvalue weighted by atomic mass is 16.3. The fraction of sp³-hybridized carbons (Fsp3) is 0.611. The van der Waals surface area contributed by atoms with Gasteiger partial charge in [0.15, 0.2) is 0 Å². The van der Waals surface area contributed by atoms with Crippen LogP contribution in [0.2, 0.25) is 0 Å². The maximum atomic E-state index is 11.3. The van der Waals surface area contributed by atoms with Gasteiger partial charge in [-0.3, -0.25) is 9.69 Å². The van der Waals surface area contributed by atoms with Gasteiger partial charge in [0.2, 0.25) is 0 Å². The van der Waals surface area contributed by atoms with Gasteiger partial charge in [0, 0.05) is 19.0 Å². The lowest BCUT2D eigenvalue weighted by atomic mass is 9.59. The van der Waals surface area contributed by atoms with Crippen LogP contribution in [0, 0.1) is 5.92 Å². The van der Waals surface area contributed by atoms with Crippen LogP contribution in [0.25, 0.3) is 0 Å². The normalized spacial score (nSPS) is 31.8. The predicted molar refractivity (Wildman–Crippen MR) is 83.6 cm³/mol.